The summed E-state index contributed by atoms with van der Waals surface area (Å²) in [6.07, 6.45) is 4.84. The number of anilines is 1. The second kappa shape index (κ2) is 7.07. The average Bonchev–Trinajstić information content (AvgIpc) is 2.59. The predicted octanol–water partition coefficient (Wildman–Crippen LogP) is 5.17. The molecular weight excluding hydrogens is 345 g/mol. The largest absolute Gasteiger partial charge is 0.482 e. The van der Waals surface area contributed by atoms with E-state index in [0.29, 0.717) is 21.6 Å². The summed E-state index contributed by atoms with van der Waals surface area (Å²) >= 11 is 12.3. The molecule has 24 heavy (non-hydrogen) atoms. The van der Waals surface area contributed by atoms with Crippen LogP contribution in [0.5, 0.6) is 5.75 Å². The molecule has 0 saturated carbocycles. The van der Waals surface area contributed by atoms with Gasteiger partial charge < -0.3 is 10.5 Å². The molecule has 4 nitrogen and oxygen atoms in total. The monoisotopic (exact) mass is 359 g/mol. The molecule has 0 aliphatic rings. The van der Waals surface area contributed by atoms with Crippen LogP contribution < -0.4 is 10.5 Å². The minimum Gasteiger partial charge on any atom is -0.482 e. The first-order chi connectivity index (χ1) is 11.5. The molecule has 1 atom stereocenters. The lowest BCUT2D eigenvalue weighted by molar-refractivity contribution is 0.228. The van der Waals surface area contributed by atoms with E-state index in [2.05, 4.69) is 9.97 Å². The smallest absolute Gasteiger partial charge is 0.166 e. The first-order valence-electron chi connectivity index (χ1n) is 7.32. The summed E-state index contributed by atoms with van der Waals surface area (Å²) in [5.41, 5.74) is 8.54. The van der Waals surface area contributed by atoms with Crippen molar-refractivity contribution in [3.05, 3.63) is 70.6 Å². The number of nitrogen functional groups attached to an aromatic ring is 1. The second-order valence-electron chi connectivity index (χ2n) is 5.27. The van der Waals surface area contributed by atoms with Gasteiger partial charge in [0.05, 0.1) is 0 Å². The van der Waals surface area contributed by atoms with Crippen LogP contribution >= 0.6 is 23.2 Å². The minimum absolute atomic E-state index is 0.313. The fraction of sp³-hybridized carbons (Fsp3) is 0.111. The van der Waals surface area contributed by atoms with Gasteiger partial charge in [0.15, 0.2) is 11.6 Å². The first-order valence-corrected chi connectivity index (χ1v) is 8.07. The van der Waals surface area contributed by atoms with E-state index in [9.17, 15) is 0 Å². The molecule has 3 aromatic rings. The van der Waals surface area contributed by atoms with Gasteiger partial charge in [-0.05, 0) is 37.3 Å². The third-order valence-corrected chi connectivity index (χ3v) is 4.16. The lowest BCUT2D eigenvalue weighted by atomic mass is 10.1. The van der Waals surface area contributed by atoms with Gasteiger partial charge in [-0.1, -0.05) is 29.3 Å². The van der Waals surface area contributed by atoms with Crippen LogP contribution in [0.4, 0.5) is 5.82 Å². The summed E-state index contributed by atoms with van der Waals surface area (Å²) in [5.74, 6) is 0.799. The Morgan fingerprint density at radius 1 is 1.08 bits per heavy atom. The van der Waals surface area contributed by atoms with Gasteiger partial charge >= 0.3 is 0 Å². The van der Waals surface area contributed by atoms with Crippen LogP contribution in [0, 0.1) is 0 Å². The van der Waals surface area contributed by atoms with Crippen LogP contribution in [0.3, 0.4) is 0 Å². The van der Waals surface area contributed by atoms with E-state index in [1.54, 1.807) is 36.8 Å². The molecule has 0 spiro atoms. The normalized spacial score (nSPS) is 12.0. The fourth-order valence-corrected chi connectivity index (χ4v) is 2.77. The third kappa shape index (κ3) is 3.61. The molecule has 6 heteroatoms. The maximum atomic E-state index is 6.23. The molecular formula is C18H15Cl2N3O. The minimum atomic E-state index is -0.329. The van der Waals surface area contributed by atoms with E-state index in [0.717, 1.165) is 16.7 Å². The first kappa shape index (κ1) is 16.6. The number of hydrogen-bond donors (Lipinski definition) is 1. The summed E-state index contributed by atoms with van der Waals surface area (Å²) in [4.78, 5) is 8.32. The van der Waals surface area contributed by atoms with Crippen molar-refractivity contribution in [2.24, 2.45) is 0 Å². The molecule has 0 saturated heterocycles. The van der Waals surface area contributed by atoms with Crippen LogP contribution in [0.2, 0.25) is 10.0 Å². The summed E-state index contributed by atoms with van der Waals surface area (Å²) in [6, 6.07) is 10.9. The third-order valence-electron chi connectivity index (χ3n) is 3.58. The van der Waals surface area contributed by atoms with Crippen molar-refractivity contribution in [3.63, 3.8) is 0 Å². The molecule has 0 fully saturated rings. The number of hydrogen-bond acceptors (Lipinski definition) is 4. The molecule has 0 aliphatic carbocycles. The number of pyridine rings is 2. The van der Waals surface area contributed by atoms with E-state index in [1.807, 2.05) is 25.1 Å². The van der Waals surface area contributed by atoms with Gasteiger partial charge in [-0.2, -0.15) is 0 Å². The Hall–Kier alpha value is -2.30. The van der Waals surface area contributed by atoms with Gasteiger partial charge in [-0.25, -0.2) is 4.98 Å². The molecule has 0 radical (unpaired) electrons. The zero-order valence-electron chi connectivity index (χ0n) is 12.9. The van der Waals surface area contributed by atoms with Gasteiger partial charge in [0.25, 0.3) is 0 Å². The Morgan fingerprint density at radius 3 is 2.67 bits per heavy atom. The molecule has 2 aromatic heterocycles. The van der Waals surface area contributed by atoms with Crippen molar-refractivity contribution in [2.75, 3.05) is 5.73 Å². The van der Waals surface area contributed by atoms with Crippen molar-refractivity contribution < 1.29 is 4.74 Å². The van der Waals surface area contributed by atoms with Crippen LogP contribution in [0.1, 0.15) is 18.6 Å². The molecule has 0 unspecified atom stereocenters. The topological polar surface area (TPSA) is 61.0 Å². The zero-order chi connectivity index (χ0) is 17.1. The van der Waals surface area contributed by atoms with Crippen molar-refractivity contribution in [3.8, 4) is 16.9 Å². The average molecular weight is 360 g/mol. The summed E-state index contributed by atoms with van der Waals surface area (Å²) in [5, 5.41) is 1.18. The van der Waals surface area contributed by atoms with E-state index in [1.165, 1.54) is 0 Å². The predicted molar refractivity (Wildman–Crippen MR) is 97.4 cm³/mol. The fourth-order valence-electron chi connectivity index (χ4n) is 2.32. The summed E-state index contributed by atoms with van der Waals surface area (Å²) in [6.45, 7) is 1.88. The molecule has 122 valence electrons. The maximum absolute atomic E-state index is 6.23. The number of halogens is 2. The van der Waals surface area contributed by atoms with Crippen molar-refractivity contribution in [1.82, 2.24) is 9.97 Å². The van der Waals surface area contributed by atoms with E-state index in [-0.39, 0.29) is 6.10 Å². The van der Waals surface area contributed by atoms with Gasteiger partial charge in [0.2, 0.25) is 0 Å². The standard InChI is InChI=1S/C18H15Cl2N3O/c1-11(15-8-14(19)4-5-16(15)20)24-17-7-13(10-23-18(17)21)12-3-2-6-22-9-12/h2-11H,1H3,(H2,21,23)/t11-/m0/s1. The highest BCUT2D eigenvalue weighted by Crippen LogP contribution is 2.33. The SMILES string of the molecule is C[C@H](Oc1cc(-c2cccnc2)cnc1N)c1cc(Cl)ccc1Cl. The van der Waals surface area contributed by atoms with E-state index in [4.69, 9.17) is 33.7 Å². The molecule has 2 heterocycles. The Bertz CT molecular complexity index is 856. The second-order valence-corrected chi connectivity index (χ2v) is 6.12. The van der Waals surface area contributed by atoms with Crippen molar-refractivity contribution >= 4 is 29.0 Å². The van der Waals surface area contributed by atoms with Crippen LogP contribution in [0.25, 0.3) is 11.1 Å². The maximum Gasteiger partial charge on any atom is 0.166 e. The van der Waals surface area contributed by atoms with Gasteiger partial charge in [0.1, 0.15) is 6.10 Å². The Morgan fingerprint density at radius 2 is 1.92 bits per heavy atom. The highest BCUT2D eigenvalue weighted by molar-refractivity contribution is 6.33. The molecule has 1 aromatic carbocycles. The van der Waals surface area contributed by atoms with E-state index >= 15 is 0 Å². The number of ether oxygens (including phenoxy) is 1. The number of rotatable bonds is 4. The van der Waals surface area contributed by atoms with Crippen LogP contribution in [0.15, 0.2) is 55.0 Å². The number of nitrogens with zero attached hydrogens (tertiary/aromatic N) is 2. The quantitative estimate of drug-likeness (QED) is 0.697. The van der Waals surface area contributed by atoms with Gasteiger partial charge in [-0.15, -0.1) is 0 Å². The number of benzene rings is 1. The Labute approximate surface area is 150 Å². The molecule has 0 aliphatic heterocycles. The lowest BCUT2D eigenvalue weighted by Gasteiger charge is -2.18. The molecule has 3 rings (SSSR count). The van der Waals surface area contributed by atoms with Crippen molar-refractivity contribution in [1.29, 1.82) is 0 Å². The van der Waals surface area contributed by atoms with Crippen molar-refractivity contribution in [2.45, 2.75) is 13.0 Å². The molecule has 2 N–H and O–H groups in total. The van der Waals surface area contributed by atoms with Gasteiger partial charge in [0, 0.05) is 45.3 Å². The highest BCUT2D eigenvalue weighted by Gasteiger charge is 2.15. The van der Waals surface area contributed by atoms with E-state index < -0.39 is 0 Å². The van der Waals surface area contributed by atoms with Gasteiger partial charge in [-0.3, -0.25) is 4.98 Å². The lowest BCUT2D eigenvalue weighted by Crippen LogP contribution is -2.06. The Balaban J connectivity index is 1.91. The zero-order valence-corrected chi connectivity index (χ0v) is 14.4. The summed E-state index contributed by atoms with van der Waals surface area (Å²) in [7, 11) is 0. The van der Waals surface area contributed by atoms with Crippen LogP contribution in [-0.2, 0) is 0 Å². The summed E-state index contributed by atoms with van der Waals surface area (Å²) < 4.78 is 5.98. The van der Waals surface area contributed by atoms with Crippen LogP contribution in [-0.4, -0.2) is 9.97 Å². The molecule has 0 amide bonds. The number of nitrogens with two attached hydrogens (primary N) is 1. The highest BCUT2D eigenvalue weighted by atomic mass is 35.5. The number of aromatic nitrogens is 2. The Kier molecular flexibility index (Phi) is 4.88. The molecule has 0 bridgehead atoms.